The number of hydrogen-bond donors (Lipinski definition) is 1. The Morgan fingerprint density at radius 2 is 2.25 bits per heavy atom. The molecule has 0 unspecified atom stereocenters. The van der Waals surface area contributed by atoms with Crippen molar-refractivity contribution in [1.29, 1.82) is 0 Å². The molecule has 0 atom stereocenters. The summed E-state index contributed by atoms with van der Waals surface area (Å²) in [5, 5.41) is 0. The van der Waals surface area contributed by atoms with Crippen molar-refractivity contribution in [2.45, 2.75) is 13.5 Å². The molecule has 0 aliphatic heterocycles. The molecular weight excluding hydrogens is 274 g/mol. The summed E-state index contributed by atoms with van der Waals surface area (Å²) >= 11 is 1.59. The van der Waals surface area contributed by atoms with Gasteiger partial charge in [-0.3, -0.25) is 0 Å². The zero-order valence-electron chi connectivity index (χ0n) is 11.7. The Hall–Kier alpha value is -2.08. The molecule has 0 saturated carbocycles. The molecular formula is C14H17N3O2S. The van der Waals surface area contributed by atoms with Gasteiger partial charge in [0.25, 0.3) is 0 Å². The normalized spacial score (nSPS) is 10.3. The number of carbonyl (C=O) groups is 1. The summed E-state index contributed by atoms with van der Waals surface area (Å²) in [4.78, 5) is 19.2. The summed E-state index contributed by atoms with van der Waals surface area (Å²) in [5.74, 6) is -0.389. The van der Waals surface area contributed by atoms with Crippen LogP contribution in [0.2, 0.25) is 0 Å². The number of aryl methyl sites for hydroxylation is 1. The molecule has 1 heterocycles. The SMILES string of the molecule is COC(=O)c1cccc(N)c1N(C)Cc1scnc1C. The average molecular weight is 291 g/mol. The molecule has 0 spiro atoms. The van der Waals surface area contributed by atoms with E-state index >= 15 is 0 Å². The van der Waals surface area contributed by atoms with E-state index in [9.17, 15) is 4.79 Å². The molecule has 0 fully saturated rings. The van der Waals surface area contributed by atoms with Crippen LogP contribution < -0.4 is 10.6 Å². The number of nitrogens with zero attached hydrogens (tertiary/aromatic N) is 2. The second-order valence-electron chi connectivity index (χ2n) is 4.45. The van der Waals surface area contributed by atoms with Crippen LogP contribution in [-0.2, 0) is 11.3 Å². The van der Waals surface area contributed by atoms with Crippen LogP contribution in [0.25, 0.3) is 0 Å². The maximum atomic E-state index is 11.8. The lowest BCUT2D eigenvalue weighted by atomic mass is 10.1. The number of benzene rings is 1. The third-order valence-electron chi connectivity index (χ3n) is 3.08. The highest BCUT2D eigenvalue weighted by Crippen LogP contribution is 2.29. The molecule has 20 heavy (non-hydrogen) atoms. The summed E-state index contributed by atoms with van der Waals surface area (Å²) < 4.78 is 4.81. The lowest BCUT2D eigenvalue weighted by molar-refractivity contribution is 0.0601. The van der Waals surface area contributed by atoms with Gasteiger partial charge < -0.3 is 15.4 Å². The molecule has 2 aromatic rings. The summed E-state index contributed by atoms with van der Waals surface area (Å²) in [6.45, 7) is 2.62. The minimum absolute atomic E-state index is 0.389. The minimum Gasteiger partial charge on any atom is -0.465 e. The number of nitrogen functional groups attached to an aromatic ring is 1. The van der Waals surface area contributed by atoms with Gasteiger partial charge in [-0.1, -0.05) is 6.07 Å². The van der Waals surface area contributed by atoms with Crippen LogP contribution in [0.5, 0.6) is 0 Å². The Morgan fingerprint density at radius 3 is 2.85 bits per heavy atom. The zero-order chi connectivity index (χ0) is 14.7. The van der Waals surface area contributed by atoms with Gasteiger partial charge >= 0.3 is 5.97 Å². The smallest absolute Gasteiger partial charge is 0.340 e. The molecule has 0 bridgehead atoms. The van der Waals surface area contributed by atoms with Crippen LogP contribution in [0.3, 0.4) is 0 Å². The number of anilines is 2. The predicted molar refractivity (Wildman–Crippen MR) is 81.2 cm³/mol. The summed E-state index contributed by atoms with van der Waals surface area (Å²) in [5.41, 5.74) is 10.5. The molecule has 0 saturated heterocycles. The quantitative estimate of drug-likeness (QED) is 0.692. The van der Waals surface area contributed by atoms with E-state index in [1.54, 1.807) is 29.5 Å². The van der Waals surface area contributed by atoms with Gasteiger partial charge in [-0.15, -0.1) is 11.3 Å². The number of nitrogens with two attached hydrogens (primary N) is 1. The third kappa shape index (κ3) is 2.75. The standard InChI is InChI=1S/C14H17N3O2S/c1-9-12(20-8-16-9)7-17(2)13-10(14(18)19-3)5-4-6-11(13)15/h4-6,8H,7,15H2,1-3H3. The first kappa shape index (κ1) is 14.3. The van der Waals surface area contributed by atoms with Crippen molar-refractivity contribution in [1.82, 2.24) is 4.98 Å². The second-order valence-corrected chi connectivity index (χ2v) is 5.39. The highest BCUT2D eigenvalue weighted by Gasteiger charge is 2.18. The fourth-order valence-electron chi connectivity index (χ4n) is 2.03. The summed E-state index contributed by atoms with van der Waals surface area (Å²) in [6, 6.07) is 5.24. The van der Waals surface area contributed by atoms with E-state index in [0.29, 0.717) is 23.5 Å². The fourth-order valence-corrected chi connectivity index (χ4v) is 2.86. The zero-order valence-corrected chi connectivity index (χ0v) is 12.5. The van der Waals surface area contributed by atoms with Crippen LogP contribution >= 0.6 is 11.3 Å². The molecule has 0 aliphatic carbocycles. The van der Waals surface area contributed by atoms with Gasteiger partial charge in [0.15, 0.2) is 0 Å². The lowest BCUT2D eigenvalue weighted by Gasteiger charge is -2.23. The highest BCUT2D eigenvalue weighted by molar-refractivity contribution is 7.09. The van der Waals surface area contributed by atoms with Gasteiger partial charge in [-0.2, -0.15) is 0 Å². The Labute approximate surface area is 122 Å². The Balaban J connectivity index is 2.36. The fraction of sp³-hybridized carbons (Fsp3) is 0.286. The van der Waals surface area contributed by atoms with Gasteiger partial charge in [0.05, 0.1) is 41.8 Å². The first-order valence-electron chi connectivity index (χ1n) is 6.11. The van der Waals surface area contributed by atoms with E-state index in [-0.39, 0.29) is 5.97 Å². The van der Waals surface area contributed by atoms with Crippen LogP contribution in [0, 0.1) is 6.92 Å². The molecule has 6 heteroatoms. The predicted octanol–water partition coefficient (Wildman–Crippen LogP) is 2.46. The molecule has 1 aromatic heterocycles. The Kier molecular flexibility index (Phi) is 4.24. The van der Waals surface area contributed by atoms with Crippen molar-refractivity contribution >= 4 is 28.7 Å². The van der Waals surface area contributed by atoms with E-state index in [1.807, 2.05) is 24.4 Å². The third-order valence-corrected chi connectivity index (χ3v) is 4.00. The maximum Gasteiger partial charge on any atom is 0.340 e. The maximum absolute atomic E-state index is 11.8. The molecule has 2 rings (SSSR count). The highest BCUT2D eigenvalue weighted by atomic mass is 32.1. The molecule has 0 amide bonds. The molecule has 1 aromatic carbocycles. The van der Waals surface area contributed by atoms with Crippen molar-refractivity contribution in [2.75, 3.05) is 24.8 Å². The van der Waals surface area contributed by atoms with Crippen molar-refractivity contribution in [3.8, 4) is 0 Å². The topological polar surface area (TPSA) is 68.5 Å². The number of methoxy groups -OCH3 is 1. The van der Waals surface area contributed by atoms with Crippen LogP contribution in [0.4, 0.5) is 11.4 Å². The number of hydrogen-bond acceptors (Lipinski definition) is 6. The molecule has 0 aliphatic rings. The lowest BCUT2D eigenvalue weighted by Crippen LogP contribution is -2.21. The number of esters is 1. The molecule has 5 nitrogen and oxygen atoms in total. The van der Waals surface area contributed by atoms with Crippen LogP contribution in [0.1, 0.15) is 20.9 Å². The largest absolute Gasteiger partial charge is 0.465 e. The van der Waals surface area contributed by atoms with Gasteiger partial charge in [-0.25, -0.2) is 9.78 Å². The van der Waals surface area contributed by atoms with Crippen molar-refractivity contribution in [3.05, 3.63) is 39.8 Å². The van der Waals surface area contributed by atoms with Gasteiger partial charge in [0.2, 0.25) is 0 Å². The van der Waals surface area contributed by atoms with Gasteiger partial charge in [-0.05, 0) is 19.1 Å². The molecule has 106 valence electrons. The van der Waals surface area contributed by atoms with E-state index < -0.39 is 0 Å². The number of para-hydroxylation sites is 1. The van der Waals surface area contributed by atoms with Crippen molar-refractivity contribution < 1.29 is 9.53 Å². The number of rotatable bonds is 4. The van der Waals surface area contributed by atoms with Crippen LogP contribution in [0.15, 0.2) is 23.7 Å². The van der Waals surface area contributed by atoms with E-state index in [2.05, 4.69) is 4.98 Å². The van der Waals surface area contributed by atoms with Crippen molar-refractivity contribution in [3.63, 3.8) is 0 Å². The molecule has 0 radical (unpaired) electrons. The van der Waals surface area contributed by atoms with Gasteiger partial charge in [0, 0.05) is 11.9 Å². The second kappa shape index (κ2) is 5.92. The Bertz CT molecular complexity index is 625. The number of aromatic nitrogens is 1. The van der Waals surface area contributed by atoms with E-state index in [0.717, 1.165) is 10.6 Å². The first-order chi connectivity index (χ1) is 9.54. The Morgan fingerprint density at radius 1 is 1.50 bits per heavy atom. The first-order valence-corrected chi connectivity index (χ1v) is 6.99. The van der Waals surface area contributed by atoms with Crippen LogP contribution in [-0.4, -0.2) is 25.1 Å². The average Bonchev–Trinajstić information content (AvgIpc) is 2.82. The number of thiazole rings is 1. The number of carbonyl (C=O) groups excluding carboxylic acids is 1. The monoisotopic (exact) mass is 291 g/mol. The summed E-state index contributed by atoms with van der Waals surface area (Å²) in [6.07, 6.45) is 0. The number of ether oxygens (including phenoxy) is 1. The molecule has 2 N–H and O–H groups in total. The van der Waals surface area contributed by atoms with E-state index in [4.69, 9.17) is 10.5 Å². The van der Waals surface area contributed by atoms with E-state index in [1.165, 1.54) is 7.11 Å². The summed E-state index contributed by atoms with van der Waals surface area (Å²) in [7, 11) is 3.26. The minimum atomic E-state index is -0.389. The van der Waals surface area contributed by atoms with Gasteiger partial charge in [0.1, 0.15) is 0 Å². The van der Waals surface area contributed by atoms with Crippen molar-refractivity contribution in [2.24, 2.45) is 0 Å².